The van der Waals surface area contributed by atoms with Gasteiger partial charge in [-0.05, 0) is 42.5 Å². The van der Waals surface area contributed by atoms with Crippen LogP contribution in [0.15, 0.2) is 40.9 Å². The summed E-state index contributed by atoms with van der Waals surface area (Å²) in [6, 6.07) is 3.12. The SMILES string of the molecule is CCCC[C@@H]([C@@H](O)C(=O)Nc1ccn[nH]1)N(C(=O)[O-])[C@@H](c1nnc(-c2ccc(C(F)(F)F)cc2)o1)C(C)(C)CC. The number of rotatable bonds is 12. The summed E-state index contributed by atoms with van der Waals surface area (Å²) in [6.07, 6.45) is -4.96. The number of hydrogen-bond acceptors (Lipinski definition) is 8. The van der Waals surface area contributed by atoms with Gasteiger partial charge in [-0.3, -0.25) is 9.89 Å². The maximum atomic E-state index is 13.0. The first-order valence-corrected chi connectivity index (χ1v) is 12.8. The van der Waals surface area contributed by atoms with Crippen molar-refractivity contribution in [2.45, 2.75) is 77.7 Å². The van der Waals surface area contributed by atoms with Gasteiger partial charge in [-0.25, -0.2) is 0 Å². The molecule has 0 spiro atoms. The Bertz CT molecular complexity index is 1260. The van der Waals surface area contributed by atoms with Crippen LogP contribution in [-0.2, 0) is 11.0 Å². The van der Waals surface area contributed by atoms with Crippen LogP contribution in [0.3, 0.4) is 0 Å². The predicted molar refractivity (Wildman–Crippen MR) is 135 cm³/mol. The molecular weight excluding hydrogens is 533 g/mol. The second-order valence-electron chi connectivity index (χ2n) is 10.1. The first-order chi connectivity index (χ1) is 18.8. The number of nitrogens with one attached hydrogen (secondary N) is 2. The van der Waals surface area contributed by atoms with E-state index in [0.29, 0.717) is 19.3 Å². The minimum atomic E-state index is -4.53. The average molecular weight is 566 g/mol. The predicted octanol–water partition coefficient (Wildman–Crippen LogP) is 4.16. The molecule has 0 fully saturated rings. The second kappa shape index (κ2) is 12.5. The molecule has 0 aliphatic carbocycles. The third-order valence-corrected chi connectivity index (χ3v) is 6.88. The van der Waals surface area contributed by atoms with Gasteiger partial charge in [0.1, 0.15) is 18.0 Å². The second-order valence-corrected chi connectivity index (χ2v) is 10.1. The zero-order valence-corrected chi connectivity index (χ0v) is 22.5. The van der Waals surface area contributed by atoms with Gasteiger partial charge in [0.15, 0.2) is 6.10 Å². The van der Waals surface area contributed by atoms with E-state index in [-0.39, 0.29) is 29.6 Å². The number of halogens is 3. The lowest BCUT2D eigenvalue weighted by Crippen LogP contribution is -2.58. The van der Waals surface area contributed by atoms with E-state index in [4.69, 9.17) is 4.42 Å². The maximum absolute atomic E-state index is 13.0. The molecule has 0 unspecified atom stereocenters. The lowest BCUT2D eigenvalue weighted by atomic mass is 9.79. The van der Waals surface area contributed by atoms with Crippen LogP contribution >= 0.6 is 0 Å². The number of aliphatic hydroxyl groups is 1. The molecular formula is C26H32F3N6O5-. The number of aromatic amines is 1. The number of alkyl halides is 3. The van der Waals surface area contributed by atoms with Gasteiger partial charge in [-0.1, -0.05) is 40.5 Å². The number of amides is 2. The van der Waals surface area contributed by atoms with Crippen molar-refractivity contribution in [3.8, 4) is 11.5 Å². The van der Waals surface area contributed by atoms with Crippen LogP contribution in [0.4, 0.5) is 23.8 Å². The van der Waals surface area contributed by atoms with Crippen molar-refractivity contribution < 1.29 is 37.4 Å². The van der Waals surface area contributed by atoms with Gasteiger partial charge in [0.05, 0.1) is 17.8 Å². The number of carboxylic acid groups (broad SMARTS) is 1. The number of aromatic nitrogens is 4. The molecule has 0 aliphatic heterocycles. The molecule has 0 radical (unpaired) electrons. The number of anilines is 1. The number of nitrogens with zero attached hydrogens (tertiary/aromatic N) is 4. The fourth-order valence-corrected chi connectivity index (χ4v) is 4.29. The van der Waals surface area contributed by atoms with Crippen molar-refractivity contribution in [1.82, 2.24) is 25.3 Å². The largest absolute Gasteiger partial charge is 0.530 e. The molecule has 0 aliphatic rings. The van der Waals surface area contributed by atoms with Crippen LogP contribution in [0.2, 0.25) is 0 Å². The topological polar surface area (TPSA) is 160 Å². The fourth-order valence-electron chi connectivity index (χ4n) is 4.29. The summed E-state index contributed by atoms with van der Waals surface area (Å²) in [5, 5.41) is 40.5. The van der Waals surface area contributed by atoms with E-state index in [0.717, 1.165) is 17.0 Å². The minimum Gasteiger partial charge on any atom is -0.530 e. The first-order valence-electron chi connectivity index (χ1n) is 12.8. The fraction of sp³-hybridized carbons (Fsp3) is 0.500. The van der Waals surface area contributed by atoms with Gasteiger partial charge in [-0.15, -0.1) is 10.2 Å². The van der Waals surface area contributed by atoms with E-state index in [1.807, 2.05) is 13.8 Å². The third-order valence-electron chi connectivity index (χ3n) is 6.88. The van der Waals surface area contributed by atoms with Gasteiger partial charge in [0, 0.05) is 11.6 Å². The number of hydrogen-bond donors (Lipinski definition) is 3. The van der Waals surface area contributed by atoms with Crippen molar-refractivity contribution in [3.63, 3.8) is 0 Å². The van der Waals surface area contributed by atoms with Gasteiger partial charge in [-0.2, -0.15) is 18.3 Å². The third kappa shape index (κ3) is 6.97. The van der Waals surface area contributed by atoms with Crippen molar-refractivity contribution in [2.24, 2.45) is 5.41 Å². The molecule has 1 aromatic carbocycles. The number of carbonyl (C=O) groups is 2. The number of carbonyl (C=O) groups excluding carboxylic acids is 2. The standard InChI is InChI=1S/C26H33F3N6O5/c1-5-7-8-17(19(36)21(37)31-18-13-14-30-32-18)35(24(38)39)20(25(3,4)6-2)23-34-33-22(40-23)15-9-11-16(12-10-15)26(27,28)29/h9-14,17,19-20,36H,5-8H2,1-4H3,(H,38,39)(H2,30,31,32,37)/p-1/t17-,19+,20-/m0/s1. The van der Waals surface area contributed by atoms with Crippen LogP contribution < -0.4 is 10.4 Å². The van der Waals surface area contributed by atoms with E-state index in [2.05, 4.69) is 25.7 Å². The lowest BCUT2D eigenvalue weighted by Gasteiger charge is -2.46. The molecule has 0 bridgehead atoms. The number of benzene rings is 1. The average Bonchev–Trinajstić information content (AvgIpc) is 3.60. The lowest BCUT2D eigenvalue weighted by molar-refractivity contribution is -0.276. The summed E-state index contributed by atoms with van der Waals surface area (Å²) in [4.78, 5) is 26.5. The quantitative estimate of drug-likeness (QED) is 0.295. The Morgan fingerprint density at radius 2 is 1.82 bits per heavy atom. The zero-order chi connectivity index (χ0) is 29.7. The molecule has 11 nitrogen and oxygen atoms in total. The normalized spacial score (nSPS) is 14.4. The Morgan fingerprint density at radius 1 is 1.15 bits per heavy atom. The minimum absolute atomic E-state index is 0.109. The van der Waals surface area contributed by atoms with Gasteiger partial charge in [0.25, 0.3) is 5.91 Å². The molecule has 0 saturated heterocycles. The summed E-state index contributed by atoms with van der Waals surface area (Å²) < 4.78 is 44.8. The molecule has 14 heteroatoms. The zero-order valence-electron chi connectivity index (χ0n) is 22.5. The van der Waals surface area contributed by atoms with E-state index in [1.165, 1.54) is 24.4 Å². The highest BCUT2D eigenvalue weighted by atomic mass is 19.4. The molecule has 3 N–H and O–H groups in total. The van der Waals surface area contributed by atoms with Crippen LogP contribution in [0, 0.1) is 5.41 Å². The smallest absolute Gasteiger partial charge is 0.416 e. The Morgan fingerprint density at radius 3 is 2.35 bits per heavy atom. The van der Waals surface area contributed by atoms with Crippen molar-refractivity contribution in [2.75, 3.05) is 5.32 Å². The van der Waals surface area contributed by atoms with Gasteiger partial charge < -0.3 is 29.6 Å². The molecule has 3 rings (SSSR count). The molecule has 40 heavy (non-hydrogen) atoms. The highest BCUT2D eigenvalue weighted by Gasteiger charge is 2.44. The Hall–Kier alpha value is -3.94. The van der Waals surface area contributed by atoms with Crippen molar-refractivity contribution in [3.05, 3.63) is 48.0 Å². The number of aliphatic hydroxyl groups excluding tert-OH is 1. The number of H-pyrrole nitrogens is 1. The molecule has 2 amide bonds. The van der Waals surface area contributed by atoms with Crippen LogP contribution in [0.5, 0.6) is 0 Å². The molecule has 3 aromatic rings. The van der Waals surface area contributed by atoms with E-state index >= 15 is 0 Å². The highest BCUT2D eigenvalue weighted by molar-refractivity contribution is 5.94. The van der Waals surface area contributed by atoms with Crippen molar-refractivity contribution in [1.29, 1.82) is 0 Å². The van der Waals surface area contributed by atoms with E-state index in [9.17, 15) is 33.0 Å². The molecule has 0 saturated carbocycles. The van der Waals surface area contributed by atoms with E-state index < -0.39 is 47.3 Å². The van der Waals surface area contributed by atoms with Crippen LogP contribution in [0.1, 0.15) is 70.9 Å². The Labute approximate surface area is 228 Å². The molecule has 3 atom stereocenters. The summed E-state index contributed by atoms with van der Waals surface area (Å²) in [6.45, 7) is 7.20. The van der Waals surface area contributed by atoms with Gasteiger partial charge >= 0.3 is 6.18 Å². The monoisotopic (exact) mass is 565 g/mol. The maximum Gasteiger partial charge on any atom is 0.416 e. The summed E-state index contributed by atoms with van der Waals surface area (Å²) in [7, 11) is 0. The Balaban J connectivity index is 2.03. The molecule has 2 aromatic heterocycles. The molecule has 218 valence electrons. The highest BCUT2D eigenvalue weighted by Crippen LogP contribution is 2.43. The van der Waals surface area contributed by atoms with Crippen LogP contribution in [-0.4, -0.2) is 54.5 Å². The number of unbranched alkanes of at least 4 members (excludes halogenated alkanes) is 1. The first kappa shape index (κ1) is 30.6. The molecule has 2 heterocycles. The van der Waals surface area contributed by atoms with E-state index in [1.54, 1.807) is 13.8 Å². The summed E-state index contributed by atoms with van der Waals surface area (Å²) >= 11 is 0. The van der Waals surface area contributed by atoms with Crippen LogP contribution in [0.25, 0.3) is 11.5 Å². The summed E-state index contributed by atoms with van der Waals surface area (Å²) in [5.74, 6) is -0.933. The van der Waals surface area contributed by atoms with Crippen molar-refractivity contribution >= 4 is 17.8 Å². The Kier molecular flexibility index (Phi) is 9.56. The van der Waals surface area contributed by atoms with Gasteiger partial charge in [0.2, 0.25) is 11.8 Å². The summed E-state index contributed by atoms with van der Waals surface area (Å²) in [5.41, 5.74) is -1.53.